The summed E-state index contributed by atoms with van der Waals surface area (Å²) in [5.74, 6) is 3.55. The molecule has 7 nitrogen and oxygen atoms in total. The van der Waals surface area contributed by atoms with E-state index in [9.17, 15) is 5.11 Å². The maximum Gasteiger partial charge on any atom is 0.167 e. The Balaban J connectivity index is 1.58. The maximum atomic E-state index is 11.2. The highest BCUT2D eigenvalue weighted by molar-refractivity contribution is 5.73. The van der Waals surface area contributed by atoms with Crippen molar-refractivity contribution in [1.29, 1.82) is 0 Å². The molecule has 0 saturated carbocycles. The summed E-state index contributed by atoms with van der Waals surface area (Å²) < 4.78 is 18.7. The van der Waals surface area contributed by atoms with Gasteiger partial charge in [0.1, 0.15) is 23.0 Å². The van der Waals surface area contributed by atoms with E-state index in [1.165, 1.54) is 83.5 Å². The molecule has 0 spiro atoms. The normalized spacial score (nSPS) is 11.1. The van der Waals surface area contributed by atoms with E-state index < -0.39 is 0 Å². The smallest absolute Gasteiger partial charge is 0.167 e. The number of nitrogens with zero attached hydrogens (tertiary/aromatic N) is 3. The molecule has 282 valence electrons. The molecule has 3 aromatic carbocycles. The van der Waals surface area contributed by atoms with Crippen LogP contribution in [0.2, 0.25) is 0 Å². The van der Waals surface area contributed by atoms with Crippen LogP contribution in [0.15, 0.2) is 66.7 Å². The maximum absolute atomic E-state index is 11.2. The van der Waals surface area contributed by atoms with E-state index in [0.29, 0.717) is 54.4 Å². The van der Waals surface area contributed by atoms with Crippen LogP contribution in [0.1, 0.15) is 136 Å². The predicted octanol–water partition coefficient (Wildman–Crippen LogP) is 12.8. The number of phenols is 1. The molecule has 0 unspecified atom stereocenters. The third kappa shape index (κ3) is 14.1. The summed E-state index contributed by atoms with van der Waals surface area (Å²) in [6.07, 6.45) is 21.6. The van der Waals surface area contributed by atoms with Crippen LogP contribution in [0.3, 0.4) is 0 Å². The summed E-state index contributed by atoms with van der Waals surface area (Å²) in [7, 11) is 0. The van der Waals surface area contributed by atoms with Gasteiger partial charge in [0.25, 0.3) is 0 Å². The van der Waals surface area contributed by atoms with Crippen molar-refractivity contribution in [2.75, 3.05) is 19.8 Å². The Morgan fingerprint density at radius 1 is 0.442 bits per heavy atom. The van der Waals surface area contributed by atoms with Gasteiger partial charge in [0.15, 0.2) is 17.5 Å². The fourth-order valence-corrected chi connectivity index (χ4v) is 6.23. The number of phenolic OH excluding ortho intramolecular Hbond substituents is 1. The molecule has 0 aliphatic rings. The molecule has 1 aromatic heterocycles. The molecule has 0 radical (unpaired) electrons. The van der Waals surface area contributed by atoms with E-state index in [1.807, 2.05) is 60.7 Å². The Morgan fingerprint density at radius 3 is 1.42 bits per heavy atom. The van der Waals surface area contributed by atoms with Gasteiger partial charge >= 0.3 is 0 Å². The van der Waals surface area contributed by atoms with E-state index in [-0.39, 0.29) is 5.75 Å². The first kappa shape index (κ1) is 40.6. The Labute approximate surface area is 313 Å². The molecule has 1 N–H and O–H groups in total. The molecule has 0 saturated heterocycles. The predicted molar refractivity (Wildman–Crippen MR) is 214 cm³/mol. The van der Waals surface area contributed by atoms with E-state index in [0.717, 1.165) is 49.0 Å². The molecule has 52 heavy (non-hydrogen) atoms. The van der Waals surface area contributed by atoms with Crippen molar-refractivity contribution in [2.45, 2.75) is 136 Å². The van der Waals surface area contributed by atoms with Gasteiger partial charge in [-0.1, -0.05) is 147 Å². The van der Waals surface area contributed by atoms with Gasteiger partial charge in [0.2, 0.25) is 0 Å². The summed E-state index contributed by atoms with van der Waals surface area (Å²) in [6.45, 7) is 8.62. The highest BCUT2D eigenvalue weighted by Crippen LogP contribution is 2.36. The quantitative estimate of drug-likeness (QED) is 0.0617. The zero-order valence-electron chi connectivity index (χ0n) is 32.2. The summed E-state index contributed by atoms with van der Waals surface area (Å²) in [5, 5.41) is 11.2. The number of unbranched alkanes of at least 4 members (excludes halogenated alkanes) is 15. The monoisotopic (exact) mass is 709 g/mol. The van der Waals surface area contributed by atoms with E-state index in [4.69, 9.17) is 29.2 Å². The number of hydrogen-bond acceptors (Lipinski definition) is 7. The Kier molecular flexibility index (Phi) is 18.9. The summed E-state index contributed by atoms with van der Waals surface area (Å²) >= 11 is 0. The zero-order valence-corrected chi connectivity index (χ0v) is 32.2. The third-order valence-electron chi connectivity index (χ3n) is 9.36. The average Bonchev–Trinajstić information content (AvgIpc) is 3.17. The van der Waals surface area contributed by atoms with Gasteiger partial charge in [-0.15, -0.1) is 0 Å². The zero-order chi connectivity index (χ0) is 36.6. The van der Waals surface area contributed by atoms with Gasteiger partial charge in [-0.3, -0.25) is 0 Å². The van der Waals surface area contributed by atoms with Crippen LogP contribution >= 0.6 is 0 Å². The van der Waals surface area contributed by atoms with Crippen LogP contribution in [0, 0.1) is 0 Å². The largest absolute Gasteiger partial charge is 0.507 e. The molecular formula is C45H63N3O4. The van der Waals surface area contributed by atoms with Gasteiger partial charge in [-0.05, 0) is 43.5 Å². The second kappa shape index (κ2) is 24.2. The first-order valence-electron chi connectivity index (χ1n) is 20.3. The SMILES string of the molecule is CCCCCCCCOc1ccc(-c2nc(-c3ccccc3)nc(-c3ccc(OCCCCCCCC)cc3OCCCCCCCC)n2)c(O)c1. The van der Waals surface area contributed by atoms with Crippen LogP contribution < -0.4 is 14.2 Å². The number of benzene rings is 3. The highest BCUT2D eigenvalue weighted by Gasteiger charge is 2.18. The fourth-order valence-electron chi connectivity index (χ4n) is 6.23. The Bertz CT molecular complexity index is 1560. The van der Waals surface area contributed by atoms with Crippen LogP contribution in [0.5, 0.6) is 23.0 Å². The minimum atomic E-state index is 0.0644. The van der Waals surface area contributed by atoms with Crippen molar-refractivity contribution in [2.24, 2.45) is 0 Å². The Hall–Kier alpha value is -4.13. The van der Waals surface area contributed by atoms with Crippen molar-refractivity contribution >= 4 is 0 Å². The molecule has 0 bridgehead atoms. The minimum absolute atomic E-state index is 0.0644. The second-order valence-corrected chi connectivity index (χ2v) is 13.9. The minimum Gasteiger partial charge on any atom is -0.507 e. The van der Waals surface area contributed by atoms with E-state index >= 15 is 0 Å². The van der Waals surface area contributed by atoms with E-state index in [1.54, 1.807) is 6.07 Å². The number of ether oxygens (including phenoxy) is 3. The molecule has 0 aliphatic heterocycles. The van der Waals surface area contributed by atoms with Crippen LogP contribution in [-0.2, 0) is 0 Å². The number of rotatable bonds is 27. The molecule has 0 atom stereocenters. The van der Waals surface area contributed by atoms with Crippen molar-refractivity contribution in [3.63, 3.8) is 0 Å². The second-order valence-electron chi connectivity index (χ2n) is 13.9. The summed E-state index contributed by atoms with van der Waals surface area (Å²) in [4.78, 5) is 14.7. The van der Waals surface area contributed by atoms with Crippen LogP contribution in [-0.4, -0.2) is 39.9 Å². The first-order valence-corrected chi connectivity index (χ1v) is 20.3. The summed E-state index contributed by atoms with van der Waals surface area (Å²) in [5.41, 5.74) is 2.14. The molecule has 0 aliphatic carbocycles. The van der Waals surface area contributed by atoms with Crippen LogP contribution in [0.25, 0.3) is 34.2 Å². The molecule has 0 amide bonds. The van der Waals surface area contributed by atoms with Crippen molar-refractivity contribution in [3.8, 4) is 57.2 Å². The standard InChI is InChI=1S/C45H63N3O4/c1-4-7-10-13-16-22-31-50-37-27-29-39(41(49)34-37)44-46-43(36-25-20-19-21-26-36)47-45(48-44)40-30-28-38(51-32-23-17-14-11-8-5-2)35-42(40)52-33-24-18-15-12-9-6-3/h19-21,25-30,34-35,49H,4-18,22-24,31-33H2,1-3H3. The number of aromatic nitrogens is 3. The number of aromatic hydroxyl groups is 1. The van der Waals surface area contributed by atoms with Gasteiger partial charge in [-0.25, -0.2) is 15.0 Å². The van der Waals surface area contributed by atoms with Gasteiger partial charge in [0.05, 0.1) is 30.9 Å². The number of hydrogen-bond donors (Lipinski definition) is 1. The van der Waals surface area contributed by atoms with Gasteiger partial charge < -0.3 is 19.3 Å². The lowest BCUT2D eigenvalue weighted by Gasteiger charge is -2.15. The van der Waals surface area contributed by atoms with Gasteiger partial charge in [0, 0.05) is 17.7 Å². The molecule has 0 fully saturated rings. The highest BCUT2D eigenvalue weighted by atomic mass is 16.5. The lowest BCUT2D eigenvalue weighted by atomic mass is 10.1. The fraction of sp³-hybridized carbons (Fsp3) is 0.533. The molecule has 4 rings (SSSR count). The van der Waals surface area contributed by atoms with Crippen molar-refractivity contribution in [3.05, 3.63) is 66.7 Å². The Morgan fingerprint density at radius 2 is 0.885 bits per heavy atom. The lowest BCUT2D eigenvalue weighted by Crippen LogP contribution is -2.04. The molecule has 1 heterocycles. The van der Waals surface area contributed by atoms with Gasteiger partial charge in [-0.2, -0.15) is 0 Å². The molecule has 7 heteroatoms. The third-order valence-corrected chi connectivity index (χ3v) is 9.36. The van der Waals surface area contributed by atoms with Crippen molar-refractivity contribution < 1.29 is 19.3 Å². The molecule has 4 aromatic rings. The van der Waals surface area contributed by atoms with Crippen LogP contribution in [0.4, 0.5) is 0 Å². The topological polar surface area (TPSA) is 86.6 Å². The van der Waals surface area contributed by atoms with Crippen molar-refractivity contribution in [1.82, 2.24) is 15.0 Å². The average molecular weight is 710 g/mol. The summed E-state index contributed by atoms with van der Waals surface area (Å²) in [6, 6.07) is 21.2. The molecular weight excluding hydrogens is 647 g/mol. The van der Waals surface area contributed by atoms with E-state index in [2.05, 4.69) is 20.8 Å². The lowest BCUT2D eigenvalue weighted by molar-refractivity contribution is 0.290. The first-order chi connectivity index (χ1) is 25.6.